The molecule has 7 heteroatoms. The lowest BCUT2D eigenvalue weighted by Crippen LogP contribution is -2.41. The minimum atomic E-state index is 0. The third kappa shape index (κ3) is 8.47. The van der Waals surface area contributed by atoms with Gasteiger partial charge in [-0.05, 0) is 30.0 Å². The average Bonchev–Trinajstić information content (AvgIpc) is 3.08. The van der Waals surface area contributed by atoms with E-state index in [2.05, 4.69) is 27.6 Å². The molecule has 6 nitrogen and oxygen atoms in total. The molecule has 1 aromatic carbocycles. The largest absolute Gasteiger partial charge is 0.381 e. The highest BCUT2D eigenvalue weighted by Crippen LogP contribution is 2.14. The van der Waals surface area contributed by atoms with Crippen LogP contribution in [0.15, 0.2) is 29.3 Å². The lowest BCUT2D eigenvalue weighted by Gasteiger charge is -2.24. The topological polar surface area (TPSA) is 66.0 Å². The Hall–Kier alpha value is -1.35. The monoisotopic (exact) mass is 488 g/mol. The Bertz CT molecular complexity index is 616. The normalized spacial score (nSPS) is 16.8. The maximum atomic E-state index is 11.9. The van der Waals surface area contributed by atoms with Gasteiger partial charge in [-0.1, -0.05) is 26.0 Å². The van der Waals surface area contributed by atoms with Crippen molar-refractivity contribution in [2.24, 2.45) is 16.8 Å². The number of nitrogens with zero attached hydrogens (tertiary/aromatic N) is 2. The van der Waals surface area contributed by atoms with Gasteiger partial charge in [-0.25, -0.2) is 0 Å². The second kappa shape index (κ2) is 12.2. The van der Waals surface area contributed by atoms with Crippen LogP contribution in [0.2, 0.25) is 0 Å². The summed E-state index contributed by atoms with van der Waals surface area (Å²) in [6.45, 7) is 7.37. The molecule has 1 aromatic rings. The maximum absolute atomic E-state index is 11.9. The molecule has 1 aliphatic heterocycles. The predicted octanol–water partition coefficient (Wildman–Crippen LogP) is 3.33. The van der Waals surface area contributed by atoms with E-state index in [1.165, 1.54) is 0 Å². The Balaban J connectivity index is 0.00000364. The average molecular weight is 488 g/mol. The van der Waals surface area contributed by atoms with E-state index in [4.69, 9.17) is 4.74 Å². The van der Waals surface area contributed by atoms with Gasteiger partial charge in [0.15, 0.2) is 5.96 Å². The van der Waals surface area contributed by atoms with Crippen LogP contribution in [-0.2, 0) is 16.1 Å². The minimum absolute atomic E-state index is 0. The van der Waals surface area contributed by atoms with Crippen molar-refractivity contribution in [3.05, 3.63) is 29.8 Å². The molecule has 1 amide bonds. The Labute approximate surface area is 180 Å². The van der Waals surface area contributed by atoms with Crippen LogP contribution in [0.3, 0.4) is 0 Å². The molecule has 0 aliphatic carbocycles. The number of guanidine groups is 1. The number of rotatable bonds is 7. The van der Waals surface area contributed by atoms with Crippen LogP contribution in [0.1, 0.15) is 32.3 Å². The molecule has 1 unspecified atom stereocenters. The summed E-state index contributed by atoms with van der Waals surface area (Å²) in [5, 5.41) is 6.36. The number of ether oxygens (including phenoxy) is 1. The summed E-state index contributed by atoms with van der Waals surface area (Å²) in [7, 11) is 3.85. The fourth-order valence-corrected chi connectivity index (χ4v) is 3.11. The van der Waals surface area contributed by atoms with E-state index in [0.717, 1.165) is 43.4 Å². The molecule has 27 heavy (non-hydrogen) atoms. The first-order valence-electron chi connectivity index (χ1n) is 9.36. The summed E-state index contributed by atoms with van der Waals surface area (Å²) >= 11 is 0. The predicted molar refractivity (Wildman–Crippen MR) is 122 cm³/mol. The zero-order valence-corrected chi connectivity index (χ0v) is 19.2. The molecule has 0 bridgehead atoms. The summed E-state index contributed by atoms with van der Waals surface area (Å²) in [6.07, 6.45) is 1.64. The first-order chi connectivity index (χ1) is 12.5. The molecule has 2 rings (SSSR count). The van der Waals surface area contributed by atoms with E-state index in [1.807, 2.05) is 38.1 Å². The molecule has 152 valence electrons. The van der Waals surface area contributed by atoms with Gasteiger partial charge in [-0.2, -0.15) is 0 Å². The molecule has 2 N–H and O–H groups in total. The number of halogens is 1. The Morgan fingerprint density at radius 3 is 2.81 bits per heavy atom. The molecule has 1 heterocycles. The Morgan fingerprint density at radius 2 is 2.19 bits per heavy atom. The standard InChI is InChI=1S/C20H32N4O2.HI/c1-15(2)10-19(25)23-18-7-5-6-16(11-18)12-22-20(21-3)24(4)13-17-8-9-26-14-17;/h5-7,11,15,17H,8-10,12-14H2,1-4H3,(H,21,22)(H,23,25);1H. The second-order valence-corrected chi connectivity index (χ2v) is 7.36. The quantitative estimate of drug-likeness (QED) is 0.351. The highest BCUT2D eigenvalue weighted by Gasteiger charge is 2.19. The smallest absolute Gasteiger partial charge is 0.224 e. The lowest BCUT2D eigenvalue weighted by atomic mass is 10.1. The molecule has 0 aromatic heterocycles. The zero-order chi connectivity index (χ0) is 18.9. The SMILES string of the molecule is CN=C(NCc1cccc(NC(=O)CC(C)C)c1)N(C)CC1CCOC1.I. The molecule has 1 atom stereocenters. The molecule has 1 saturated heterocycles. The Morgan fingerprint density at radius 1 is 1.41 bits per heavy atom. The molecular weight excluding hydrogens is 455 g/mol. The van der Waals surface area contributed by atoms with Crippen molar-refractivity contribution in [3.8, 4) is 0 Å². The molecule has 0 radical (unpaired) electrons. The van der Waals surface area contributed by atoms with Gasteiger partial charge < -0.3 is 20.3 Å². The summed E-state index contributed by atoms with van der Waals surface area (Å²) in [6, 6.07) is 7.93. The summed E-state index contributed by atoms with van der Waals surface area (Å²) in [5.41, 5.74) is 1.94. The van der Waals surface area contributed by atoms with Crippen LogP contribution >= 0.6 is 24.0 Å². The van der Waals surface area contributed by atoms with Crippen LogP contribution < -0.4 is 10.6 Å². The highest BCUT2D eigenvalue weighted by atomic mass is 127. The number of anilines is 1. The van der Waals surface area contributed by atoms with Crippen molar-refractivity contribution in [1.29, 1.82) is 0 Å². The van der Waals surface area contributed by atoms with Gasteiger partial charge in [0.05, 0.1) is 6.61 Å². The number of benzene rings is 1. The third-order valence-electron chi connectivity index (χ3n) is 4.38. The van der Waals surface area contributed by atoms with Crippen molar-refractivity contribution >= 4 is 41.5 Å². The summed E-state index contributed by atoms with van der Waals surface area (Å²) in [5.74, 6) is 1.84. The van der Waals surface area contributed by atoms with Gasteiger partial charge in [-0.3, -0.25) is 9.79 Å². The summed E-state index contributed by atoms with van der Waals surface area (Å²) in [4.78, 5) is 18.5. The summed E-state index contributed by atoms with van der Waals surface area (Å²) < 4.78 is 5.45. The molecule has 1 fully saturated rings. The number of carbonyl (C=O) groups excluding carboxylic acids is 1. The number of carbonyl (C=O) groups is 1. The van der Waals surface area contributed by atoms with Crippen LogP contribution in [0.5, 0.6) is 0 Å². The Kier molecular flexibility index (Phi) is 10.7. The van der Waals surface area contributed by atoms with Crippen molar-refractivity contribution in [1.82, 2.24) is 10.2 Å². The molecule has 0 spiro atoms. The minimum Gasteiger partial charge on any atom is -0.381 e. The van der Waals surface area contributed by atoms with Crippen molar-refractivity contribution in [2.45, 2.75) is 33.2 Å². The van der Waals surface area contributed by atoms with Crippen LogP contribution in [0.25, 0.3) is 0 Å². The van der Waals surface area contributed by atoms with Gasteiger partial charge in [0.2, 0.25) is 5.91 Å². The number of aliphatic imine (C=N–C) groups is 1. The van der Waals surface area contributed by atoms with Gasteiger partial charge >= 0.3 is 0 Å². The maximum Gasteiger partial charge on any atom is 0.224 e. The van der Waals surface area contributed by atoms with E-state index >= 15 is 0 Å². The van der Waals surface area contributed by atoms with E-state index in [1.54, 1.807) is 7.05 Å². The number of amides is 1. The van der Waals surface area contributed by atoms with E-state index < -0.39 is 0 Å². The van der Waals surface area contributed by atoms with E-state index in [9.17, 15) is 4.79 Å². The van der Waals surface area contributed by atoms with Crippen LogP contribution in [0.4, 0.5) is 5.69 Å². The fraction of sp³-hybridized carbons (Fsp3) is 0.600. The van der Waals surface area contributed by atoms with Crippen molar-refractivity contribution < 1.29 is 9.53 Å². The fourth-order valence-electron chi connectivity index (χ4n) is 3.11. The number of nitrogens with one attached hydrogen (secondary N) is 2. The van der Waals surface area contributed by atoms with Gasteiger partial charge in [0.25, 0.3) is 0 Å². The lowest BCUT2D eigenvalue weighted by molar-refractivity contribution is -0.116. The number of hydrogen-bond donors (Lipinski definition) is 2. The van der Waals surface area contributed by atoms with Crippen LogP contribution in [-0.4, -0.2) is 50.6 Å². The third-order valence-corrected chi connectivity index (χ3v) is 4.38. The molecule has 0 saturated carbocycles. The van der Waals surface area contributed by atoms with Crippen molar-refractivity contribution in [3.63, 3.8) is 0 Å². The number of hydrogen-bond acceptors (Lipinski definition) is 3. The molecular formula is C20H33IN4O2. The highest BCUT2D eigenvalue weighted by molar-refractivity contribution is 14.0. The van der Waals surface area contributed by atoms with Gasteiger partial charge in [0.1, 0.15) is 0 Å². The van der Waals surface area contributed by atoms with E-state index in [0.29, 0.717) is 24.8 Å². The second-order valence-electron chi connectivity index (χ2n) is 7.36. The van der Waals surface area contributed by atoms with E-state index in [-0.39, 0.29) is 29.9 Å². The first kappa shape index (κ1) is 23.7. The van der Waals surface area contributed by atoms with Gasteiger partial charge in [-0.15, -0.1) is 24.0 Å². The van der Waals surface area contributed by atoms with Crippen LogP contribution in [0, 0.1) is 11.8 Å². The zero-order valence-electron chi connectivity index (χ0n) is 16.8. The van der Waals surface area contributed by atoms with Gasteiger partial charge in [0, 0.05) is 51.8 Å². The molecule has 1 aliphatic rings. The first-order valence-corrected chi connectivity index (χ1v) is 9.36. The van der Waals surface area contributed by atoms with Crippen molar-refractivity contribution in [2.75, 3.05) is 39.2 Å².